The van der Waals surface area contributed by atoms with Crippen molar-refractivity contribution in [2.75, 3.05) is 36.6 Å². The maximum absolute atomic E-state index is 11.5. The van der Waals surface area contributed by atoms with E-state index >= 15 is 0 Å². The van der Waals surface area contributed by atoms with E-state index in [1.165, 1.54) is 0 Å². The predicted octanol–water partition coefficient (Wildman–Crippen LogP) is 0.632. The summed E-state index contributed by atoms with van der Waals surface area (Å²) in [6.45, 7) is 1.72. The quantitative estimate of drug-likeness (QED) is 0.734. The maximum Gasteiger partial charge on any atom is 0.257 e. The van der Waals surface area contributed by atoms with Gasteiger partial charge in [-0.25, -0.2) is 0 Å². The van der Waals surface area contributed by atoms with E-state index in [2.05, 4.69) is 21.2 Å². The third-order valence-electron chi connectivity index (χ3n) is 3.67. The highest BCUT2D eigenvalue weighted by Gasteiger charge is 2.31. The lowest BCUT2D eigenvalue weighted by Gasteiger charge is -2.37. The molecule has 3 N–H and O–H groups in total. The van der Waals surface area contributed by atoms with Gasteiger partial charge in [0, 0.05) is 22.3 Å². The number of nitrogens with zero attached hydrogens (tertiary/aromatic N) is 1. The molecule has 1 aromatic rings. The molecule has 3 rings (SSSR count). The van der Waals surface area contributed by atoms with Gasteiger partial charge < -0.3 is 25.2 Å². The first kappa shape index (κ1) is 13.8. The lowest BCUT2D eigenvalue weighted by Crippen LogP contribution is -2.47. The largest absolute Gasteiger partial charge is 0.394 e. The molecule has 20 heavy (non-hydrogen) atoms. The lowest BCUT2D eigenvalue weighted by molar-refractivity contribution is -0.123. The Morgan fingerprint density at radius 1 is 1.50 bits per heavy atom. The number of nitrogens with one attached hydrogen (secondary N) is 1. The van der Waals surface area contributed by atoms with Crippen LogP contribution in [0.3, 0.4) is 0 Å². The minimum atomic E-state index is -1.12. The lowest BCUT2D eigenvalue weighted by atomic mass is 10.1. The van der Waals surface area contributed by atoms with Gasteiger partial charge in [0.25, 0.3) is 5.91 Å². The normalized spacial score (nSPS) is 25.6. The molecule has 0 radical (unpaired) electrons. The van der Waals surface area contributed by atoms with E-state index in [9.17, 15) is 15.0 Å². The van der Waals surface area contributed by atoms with Crippen LogP contribution in [0.1, 0.15) is 11.7 Å². The molecule has 1 aromatic carbocycles. The number of fused-ring (bicyclic) bond motifs is 1. The zero-order valence-electron chi connectivity index (χ0n) is 10.7. The second-order valence-corrected chi connectivity index (χ2v) is 5.74. The van der Waals surface area contributed by atoms with Crippen LogP contribution < -0.4 is 10.2 Å². The molecule has 108 valence electrons. The van der Waals surface area contributed by atoms with Crippen molar-refractivity contribution in [3.05, 3.63) is 22.2 Å². The third-order valence-corrected chi connectivity index (χ3v) is 4.30. The number of aliphatic hydroxyl groups excluding tert-OH is 2. The van der Waals surface area contributed by atoms with E-state index in [0.29, 0.717) is 31.0 Å². The summed E-state index contributed by atoms with van der Waals surface area (Å²) in [4.78, 5) is 13.5. The van der Waals surface area contributed by atoms with Gasteiger partial charge in [-0.2, -0.15) is 0 Å². The van der Waals surface area contributed by atoms with E-state index in [-0.39, 0.29) is 12.6 Å². The number of rotatable bonds is 2. The second kappa shape index (κ2) is 5.33. The van der Waals surface area contributed by atoms with Gasteiger partial charge in [-0.05, 0) is 28.1 Å². The molecule has 1 saturated heterocycles. The van der Waals surface area contributed by atoms with Gasteiger partial charge in [0.15, 0.2) is 6.10 Å². The summed E-state index contributed by atoms with van der Waals surface area (Å²) < 4.78 is 6.15. The molecular weight excluding hydrogens is 328 g/mol. The number of benzene rings is 1. The molecule has 0 spiro atoms. The van der Waals surface area contributed by atoms with Crippen molar-refractivity contribution >= 4 is 33.2 Å². The molecule has 2 atom stereocenters. The Morgan fingerprint density at radius 2 is 2.30 bits per heavy atom. The number of morpholine rings is 1. The molecule has 0 aliphatic carbocycles. The van der Waals surface area contributed by atoms with Crippen LogP contribution in [0.5, 0.6) is 0 Å². The molecule has 2 heterocycles. The van der Waals surface area contributed by atoms with Gasteiger partial charge in [-0.1, -0.05) is 0 Å². The number of anilines is 2. The topological polar surface area (TPSA) is 82.0 Å². The molecule has 2 unspecified atom stereocenters. The summed E-state index contributed by atoms with van der Waals surface area (Å²) >= 11 is 3.48. The predicted molar refractivity (Wildman–Crippen MR) is 76.8 cm³/mol. The van der Waals surface area contributed by atoms with Crippen LogP contribution in [0.4, 0.5) is 11.4 Å². The number of carbonyl (C=O) groups is 1. The van der Waals surface area contributed by atoms with Crippen LogP contribution in [0.2, 0.25) is 0 Å². The van der Waals surface area contributed by atoms with Crippen LogP contribution in [-0.4, -0.2) is 48.5 Å². The monoisotopic (exact) mass is 342 g/mol. The molecular formula is C13H15BrN2O4. The minimum absolute atomic E-state index is 0.00148. The maximum atomic E-state index is 11.5. The average Bonchev–Trinajstić information content (AvgIpc) is 2.73. The van der Waals surface area contributed by atoms with Gasteiger partial charge in [0.2, 0.25) is 0 Å². The number of halogens is 1. The van der Waals surface area contributed by atoms with Gasteiger partial charge >= 0.3 is 0 Å². The molecule has 0 aromatic heterocycles. The number of hydrogen-bond acceptors (Lipinski definition) is 5. The van der Waals surface area contributed by atoms with Crippen LogP contribution in [0, 0.1) is 0 Å². The second-order valence-electron chi connectivity index (χ2n) is 4.89. The van der Waals surface area contributed by atoms with Crippen molar-refractivity contribution in [3.63, 3.8) is 0 Å². The van der Waals surface area contributed by atoms with Crippen molar-refractivity contribution in [2.45, 2.75) is 12.1 Å². The Bertz CT molecular complexity index is 551. The number of amides is 1. The average molecular weight is 343 g/mol. The van der Waals surface area contributed by atoms with Gasteiger partial charge in [-0.3, -0.25) is 4.79 Å². The van der Waals surface area contributed by atoms with Crippen LogP contribution in [0.15, 0.2) is 16.6 Å². The zero-order chi connectivity index (χ0) is 14.3. The molecule has 7 heteroatoms. The van der Waals surface area contributed by atoms with Crippen molar-refractivity contribution < 1.29 is 19.7 Å². The van der Waals surface area contributed by atoms with Crippen LogP contribution in [0.25, 0.3) is 0 Å². The van der Waals surface area contributed by atoms with E-state index in [4.69, 9.17) is 4.74 Å². The molecule has 1 amide bonds. The Morgan fingerprint density at radius 3 is 3.05 bits per heavy atom. The summed E-state index contributed by atoms with van der Waals surface area (Å²) in [5.74, 6) is -0.412. The number of aliphatic hydroxyl groups is 2. The highest BCUT2D eigenvalue weighted by Crippen LogP contribution is 2.39. The minimum Gasteiger partial charge on any atom is -0.394 e. The third kappa shape index (κ3) is 2.20. The van der Waals surface area contributed by atoms with E-state index < -0.39 is 12.0 Å². The molecule has 2 aliphatic heterocycles. The Labute approximate surface area is 124 Å². The van der Waals surface area contributed by atoms with Crippen molar-refractivity contribution in [1.82, 2.24) is 0 Å². The summed E-state index contributed by atoms with van der Waals surface area (Å²) in [5.41, 5.74) is 2.06. The molecule has 0 bridgehead atoms. The summed E-state index contributed by atoms with van der Waals surface area (Å²) in [6, 6.07) is 3.46. The van der Waals surface area contributed by atoms with Gasteiger partial charge in [0.1, 0.15) is 0 Å². The molecule has 2 aliphatic rings. The van der Waals surface area contributed by atoms with Crippen molar-refractivity contribution in [3.8, 4) is 0 Å². The summed E-state index contributed by atoms with van der Waals surface area (Å²) in [5, 5.41) is 21.9. The number of ether oxygens (including phenoxy) is 1. The number of carbonyl (C=O) groups excluding carboxylic acids is 1. The summed E-state index contributed by atoms with van der Waals surface area (Å²) in [6.07, 6.45) is -1.12. The molecule has 0 saturated carbocycles. The van der Waals surface area contributed by atoms with E-state index in [1.54, 1.807) is 6.07 Å². The van der Waals surface area contributed by atoms with Gasteiger partial charge in [0.05, 0.1) is 31.5 Å². The zero-order valence-corrected chi connectivity index (χ0v) is 12.3. The smallest absolute Gasteiger partial charge is 0.257 e. The van der Waals surface area contributed by atoms with Crippen molar-refractivity contribution in [2.24, 2.45) is 0 Å². The SMILES string of the molecule is O=C1Nc2cc(N3CCOCC3CO)c(Br)cc2C1O. The first-order valence-corrected chi connectivity index (χ1v) is 7.18. The Balaban J connectivity index is 1.99. The Kier molecular flexibility index (Phi) is 3.68. The van der Waals surface area contributed by atoms with E-state index in [0.717, 1.165) is 10.2 Å². The first-order valence-electron chi connectivity index (χ1n) is 6.39. The highest BCUT2D eigenvalue weighted by atomic mass is 79.9. The first-order chi connectivity index (χ1) is 9.61. The van der Waals surface area contributed by atoms with E-state index in [1.807, 2.05) is 11.0 Å². The fourth-order valence-corrected chi connectivity index (χ4v) is 3.19. The fraction of sp³-hybridized carbons (Fsp3) is 0.462. The van der Waals surface area contributed by atoms with Crippen LogP contribution >= 0.6 is 15.9 Å². The van der Waals surface area contributed by atoms with Crippen LogP contribution in [-0.2, 0) is 9.53 Å². The molecule has 1 fully saturated rings. The number of hydrogen-bond donors (Lipinski definition) is 3. The highest BCUT2D eigenvalue weighted by molar-refractivity contribution is 9.10. The fourth-order valence-electron chi connectivity index (χ4n) is 2.60. The van der Waals surface area contributed by atoms with Gasteiger partial charge in [-0.15, -0.1) is 0 Å². The molecule has 6 nitrogen and oxygen atoms in total. The Hall–Kier alpha value is -1.15. The summed E-state index contributed by atoms with van der Waals surface area (Å²) in [7, 11) is 0. The van der Waals surface area contributed by atoms with Crippen molar-refractivity contribution in [1.29, 1.82) is 0 Å². The standard InChI is InChI=1S/C13H15BrN2O4/c14-9-3-8-10(15-13(19)12(8)18)4-11(9)16-1-2-20-6-7(16)5-17/h3-4,7,12,17-18H,1-2,5-6H2,(H,15,19).